The molecule has 4 unspecified atom stereocenters. The Morgan fingerprint density at radius 2 is 1.86 bits per heavy atom. The molecule has 1 aromatic heterocycles. The van der Waals surface area contributed by atoms with Crippen LogP contribution in [0.2, 0.25) is 0 Å². The Bertz CT molecular complexity index is 794. The number of hydrogen-bond acceptors (Lipinski definition) is 5. The molecule has 1 saturated heterocycles. The van der Waals surface area contributed by atoms with E-state index in [0.29, 0.717) is 19.0 Å². The molecule has 158 valence electrons. The number of guanidine groups is 1. The van der Waals surface area contributed by atoms with Crippen molar-refractivity contribution in [3.8, 4) is 0 Å². The fourth-order valence-electron chi connectivity index (χ4n) is 4.61. The Labute approximate surface area is 192 Å². The Morgan fingerprint density at radius 3 is 2.45 bits per heavy atom. The molecule has 29 heavy (non-hydrogen) atoms. The summed E-state index contributed by atoms with van der Waals surface area (Å²) in [6.45, 7) is 3.75. The summed E-state index contributed by atoms with van der Waals surface area (Å²) >= 11 is 1.74. The molecular weight excluding hydrogens is 501 g/mol. The second-order valence-corrected chi connectivity index (χ2v) is 8.78. The van der Waals surface area contributed by atoms with Crippen LogP contribution in [0.1, 0.15) is 23.2 Å². The fourth-order valence-corrected chi connectivity index (χ4v) is 5.47. The van der Waals surface area contributed by atoms with Crippen LogP contribution >= 0.6 is 35.3 Å². The number of rotatable bonds is 7. The van der Waals surface area contributed by atoms with Crippen molar-refractivity contribution in [3.63, 3.8) is 0 Å². The summed E-state index contributed by atoms with van der Waals surface area (Å²) in [6, 6.07) is 0. The van der Waals surface area contributed by atoms with Crippen LogP contribution in [0, 0.1) is 23.7 Å². The van der Waals surface area contributed by atoms with Crippen LogP contribution in [0.4, 0.5) is 0 Å². The Morgan fingerprint density at radius 1 is 1.21 bits per heavy atom. The highest BCUT2D eigenvalue weighted by atomic mass is 127. The van der Waals surface area contributed by atoms with Crippen molar-refractivity contribution in [2.45, 2.75) is 26.2 Å². The van der Waals surface area contributed by atoms with Gasteiger partial charge < -0.3 is 10.6 Å². The predicted molar refractivity (Wildman–Crippen MR) is 124 cm³/mol. The number of aryl methyl sites for hydroxylation is 1. The average Bonchev–Trinajstić information content (AvgIpc) is 3.47. The van der Waals surface area contributed by atoms with Crippen LogP contribution in [0.25, 0.3) is 0 Å². The molecule has 7 nitrogen and oxygen atoms in total. The minimum atomic E-state index is -0.119. The first-order valence-electron chi connectivity index (χ1n) is 10.0. The highest BCUT2D eigenvalue weighted by Gasteiger charge is 2.58. The molecule has 1 saturated carbocycles. The second-order valence-electron chi connectivity index (χ2n) is 7.58. The van der Waals surface area contributed by atoms with Crippen LogP contribution < -0.4 is 10.6 Å². The van der Waals surface area contributed by atoms with E-state index in [1.807, 2.05) is 6.20 Å². The van der Waals surface area contributed by atoms with Gasteiger partial charge in [-0.2, -0.15) is 0 Å². The summed E-state index contributed by atoms with van der Waals surface area (Å²) in [4.78, 5) is 36.7. The van der Waals surface area contributed by atoms with Crippen LogP contribution in [0.5, 0.6) is 0 Å². The number of nitrogens with zero attached hydrogens (tertiary/aromatic N) is 3. The SMILES string of the molecule is CCc1cnc(CCNC(=NC)NCCN2C(=O)C3C4C=CC(C4)C3C2=O)s1.I. The lowest BCUT2D eigenvalue weighted by molar-refractivity contribution is -0.140. The molecule has 1 aromatic rings. The van der Waals surface area contributed by atoms with E-state index in [0.717, 1.165) is 30.8 Å². The topological polar surface area (TPSA) is 86.7 Å². The van der Waals surface area contributed by atoms with Crippen molar-refractivity contribution in [3.05, 3.63) is 28.2 Å². The van der Waals surface area contributed by atoms with E-state index < -0.39 is 0 Å². The van der Waals surface area contributed by atoms with E-state index in [-0.39, 0.29) is 59.5 Å². The van der Waals surface area contributed by atoms with Gasteiger partial charge in [-0.05, 0) is 24.7 Å². The number of allylic oxidation sites excluding steroid dienone is 2. The van der Waals surface area contributed by atoms with Crippen LogP contribution in [0.3, 0.4) is 0 Å². The van der Waals surface area contributed by atoms with Gasteiger partial charge in [0.05, 0.1) is 16.8 Å². The monoisotopic (exact) mass is 529 g/mol. The Hall–Kier alpha value is -1.49. The highest BCUT2D eigenvalue weighted by molar-refractivity contribution is 14.0. The maximum absolute atomic E-state index is 12.7. The van der Waals surface area contributed by atoms with Gasteiger partial charge in [0, 0.05) is 44.2 Å². The van der Waals surface area contributed by atoms with Crippen molar-refractivity contribution < 1.29 is 9.59 Å². The average molecular weight is 529 g/mol. The number of aromatic nitrogens is 1. The molecule has 2 aliphatic carbocycles. The van der Waals surface area contributed by atoms with E-state index in [1.54, 1.807) is 18.4 Å². The second kappa shape index (κ2) is 9.55. The predicted octanol–water partition coefficient (Wildman–Crippen LogP) is 1.84. The first kappa shape index (κ1) is 22.2. The quantitative estimate of drug-likeness (QED) is 0.185. The van der Waals surface area contributed by atoms with Gasteiger partial charge in [0.15, 0.2) is 5.96 Å². The van der Waals surface area contributed by atoms with E-state index in [2.05, 4.69) is 39.7 Å². The van der Waals surface area contributed by atoms with Gasteiger partial charge in [0.25, 0.3) is 0 Å². The van der Waals surface area contributed by atoms with Gasteiger partial charge in [-0.25, -0.2) is 4.98 Å². The number of likely N-dealkylation sites (tertiary alicyclic amines) is 1. The smallest absolute Gasteiger partial charge is 0.233 e. The molecule has 0 spiro atoms. The van der Waals surface area contributed by atoms with Crippen LogP contribution in [0.15, 0.2) is 23.3 Å². The summed E-state index contributed by atoms with van der Waals surface area (Å²) < 4.78 is 0. The largest absolute Gasteiger partial charge is 0.356 e. The summed E-state index contributed by atoms with van der Waals surface area (Å²) in [7, 11) is 1.72. The summed E-state index contributed by atoms with van der Waals surface area (Å²) in [5.41, 5.74) is 0. The zero-order valence-electron chi connectivity index (χ0n) is 16.8. The number of hydrogen-bond donors (Lipinski definition) is 2. The third-order valence-electron chi connectivity index (χ3n) is 5.99. The third-order valence-corrected chi connectivity index (χ3v) is 7.20. The van der Waals surface area contributed by atoms with E-state index in [1.165, 1.54) is 9.78 Å². The molecule has 0 aromatic carbocycles. The molecular formula is C20H28IN5O2S. The normalized spacial score (nSPS) is 27.4. The Balaban J connectivity index is 0.00000240. The van der Waals surface area contributed by atoms with Crippen LogP contribution in [-0.2, 0) is 22.4 Å². The number of fused-ring (bicyclic) bond motifs is 5. The molecule has 2 N–H and O–H groups in total. The zero-order valence-corrected chi connectivity index (χ0v) is 19.9. The molecule has 4 atom stereocenters. The number of aliphatic imine (C=N–C) groups is 1. The molecule has 1 aliphatic heterocycles. The van der Waals surface area contributed by atoms with Gasteiger partial charge in [-0.3, -0.25) is 19.5 Å². The van der Waals surface area contributed by atoms with E-state index in [4.69, 9.17) is 0 Å². The molecule has 9 heteroatoms. The lowest BCUT2D eigenvalue weighted by atomic mass is 9.85. The highest BCUT2D eigenvalue weighted by Crippen LogP contribution is 2.52. The first-order valence-corrected chi connectivity index (χ1v) is 10.9. The van der Waals surface area contributed by atoms with Crippen molar-refractivity contribution in [2.24, 2.45) is 28.7 Å². The standard InChI is InChI=1S/C20H27N5O2S.HI/c1-3-14-11-24-15(28-14)6-7-22-20(21-2)23-8-9-25-18(26)16-12-4-5-13(10-12)17(16)19(25)27;/h4-5,11-13,16-17H,3,6-10H2,1-2H3,(H2,21,22,23);1H. The van der Waals surface area contributed by atoms with Gasteiger partial charge >= 0.3 is 0 Å². The minimum Gasteiger partial charge on any atom is -0.356 e. The first-order chi connectivity index (χ1) is 13.6. The van der Waals surface area contributed by atoms with E-state index >= 15 is 0 Å². The Kier molecular flexibility index (Phi) is 7.31. The van der Waals surface area contributed by atoms with Crippen LogP contribution in [-0.4, -0.2) is 54.3 Å². The van der Waals surface area contributed by atoms with Gasteiger partial charge in [-0.15, -0.1) is 35.3 Å². The van der Waals surface area contributed by atoms with Crippen molar-refractivity contribution >= 4 is 53.1 Å². The van der Waals surface area contributed by atoms with E-state index in [9.17, 15) is 9.59 Å². The number of amides is 2. The van der Waals surface area contributed by atoms with Crippen molar-refractivity contribution in [1.82, 2.24) is 20.5 Å². The summed E-state index contributed by atoms with van der Waals surface area (Å²) in [6.07, 6.45) is 9.00. The van der Waals surface area contributed by atoms with Gasteiger partial charge in [0.2, 0.25) is 11.8 Å². The molecule has 2 amide bonds. The molecule has 3 aliphatic rings. The lowest BCUT2D eigenvalue weighted by Crippen LogP contribution is -2.44. The molecule has 0 radical (unpaired) electrons. The van der Waals surface area contributed by atoms with Crippen molar-refractivity contribution in [1.29, 1.82) is 0 Å². The number of halogens is 1. The number of thiazole rings is 1. The number of nitrogens with one attached hydrogen (secondary N) is 2. The summed E-state index contributed by atoms with van der Waals surface area (Å²) in [5, 5.41) is 7.58. The van der Waals surface area contributed by atoms with Crippen molar-refractivity contribution in [2.75, 3.05) is 26.7 Å². The van der Waals surface area contributed by atoms with Gasteiger partial charge in [-0.1, -0.05) is 19.1 Å². The third kappa shape index (κ3) is 4.35. The minimum absolute atomic E-state index is 0. The molecule has 2 heterocycles. The summed E-state index contributed by atoms with van der Waals surface area (Å²) in [5.74, 6) is 0.973. The number of carbonyl (C=O) groups is 2. The number of carbonyl (C=O) groups excluding carboxylic acids is 2. The number of imide groups is 1. The lowest BCUT2D eigenvalue weighted by Gasteiger charge is -2.18. The molecule has 2 bridgehead atoms. The fraction of sp³-hybridized carbons (Fsp3) is 0.600. The maximum atomic E-state index is 12.7. The maximum Gasteiger partial charge on any atom is 0.233 e. The van der Waals surface area contributed by atoms with Gasteiger partial charge in [0.1, 0.15) is 0 Å². The zero-order chi connectivity index (χ0) is 19.7. The molecule has 2 fully saturated rings. The molecule has 4 rings (SSSR count).